The summed E-state index contributed by atoms with van der Waals surface area (Å²) in [6.45, 7) is 2.00. The van der Waals surface area contributed by atoms with Gasteiger partial charge in [-0.1, -0.05) is 0 Å². The first-order valence-corrected chi connectivity index (χ1v) is 6.13. The minimum Gasteiger partial charge on any atom is -0.460 e. The molecule has 2 aromatic heterocycles. The fourth-order valence-electron chi connectivity index (χ4n) is 1.04. The van der Waals surface area contributed by atoms with Gasteiger partial charge in [-0.25, -0.2) is 4.79 Å². The monoisotopic (exact) mass is 302 g/mol. The lowest BCUT2D eigenvalue weighted by Crippen LogP contribution is -2.06. The SMILES string of the molecule is CCOC(=O)c1noc(-c2csc(Br)c2)n1. The van der Waals surface area contributed by atoms with Crippen LogP contribution >= 0.6 is 27.3 Å². The zero-order chi connectivity index (χ0) is 11.5. The summed E-state index contributed by atoms with van der Waals surface area (Å²) in [5, 5.41) is 5.40. The Morgan fingerprint density at radius 3 is 3.12 bits per heavy atom. The van der Waals surface area contributed by atoms with E-state index in [2.05, 4.69) is 26.1 Å². The molecule has 16 heavy (non-hydrogen) atoms. The van der Waals surface area contributed by atoms with Crippen LogP contribution in [0.2, 0.25) is 0 Å². The number of halogens is 1. The highest BCUT2D eigenvalue weighted by molar-refractivity contribution is 9.11. The van der Waals surface area contributed by atoms with Crippen molar-refractivity contribution in [1.29, 1.82) is 0 Å². The first-order valence-electron chi connectivity index (χ1n) is 4.46. The predicted molar refractivity (Wildman–Crippen MR) is 61.3 cm³/mol. The molecule has 84 valence electrons. The van der Waals surface area contributed by atoms with Crippen LogP contribution in [-0.2, 0) is 4.74 Å². The van der Waals surface area contributed by atoms with Crippen molar-refractivity contribution in [2.24, 2.45) is 0 Å². The van der Waals surface area contributed by atoms with Crippen LogP contribution in [0.15, 0.2) is 19.8 Å². The summed E-state index contributed by atoms with van der Waals surface area (Å²) >= 11 is 4.83. The Morgan fingerprint density at radius 2 is 2.50 bits per heavy atom. The number of carbonyl (C=O) groups is 1. The molecule has 0 aliphatic carbocycles. The van der Waals surface area contributed by atoms with E-state index in [9.17, 15) is 4.79 Å². The van der Waals surface area contributed by atoms with E-state index >= 15 is 0 Å². The van der Waals surface area contributed by atoms with Gasteiger partial charge in [0.1, 0.15) is 0 Å². The van der Waals surface area contributed by atoms with Crippen molar-refractivity contribution in [3.8, 4) is 11.5 Å². The van der Waals surface area contributed by atoms with Gasteiger partial charge in [0.15, 0.2) is 0 Å². The quantitative estimate of drug-likeness (QED) is 0.816. The van der Waals surface area contributed by atoms with Crippen LogP contribution in [0.1, 0.15) is 17.5 Å². The third kappa shape index (κ3) is 2.30. The summed E-state index contributed by atoms with van der Waals surface area (Å²) in [4.78, 5) is 15.2. The maximum absolute atomic E-state index is 11.3. The molecule has 0 fully saturated rings. The second-order valence-corrected chi connectivity index (χ2v) is 5.07. The molecule has 2 rings (SSSR count). The Hall–Kier alpha value is -1.21. The van der Waals surface area contributed by atoms with E-state index < -0.39 is 5.97 Å². The number of thiophene rings is 1. The first kappa shape index (κ1) is 11.3. The molecule has 0 spiro atoms. The fraction of sp³-hybridized carbons (Fsp3) is 0.222. The van der Waals surface area contributed by atoms with Crippen molar-refractivity contribution in [3.05, 3.63) is 21.1 Å². The maximum atomic E-state index is 11.3. The molecule has 0 N–H and O–H groups in total. The normalized spacial score (nSPS) is 10.4. The summed E-state index contributed by atoms with van der Waals surface area (Å²) < 4.78 is 10.7. The van der Waals surface area contributed by atoms with E-state index in [1.807, 2.05) is 11.4 Å². The van der Waals surface area contributed by atoms with E-state index in [-0.39, 0.29) is 12.4 Å². The number of aromatic nitrogens is 2. The van der Waals surface area contributed by atoms with Crippen LogP contribution in [0.3, 0.4) is 0 Å². The summed E-state index contributed by atoms with van der Waals surface area (Å²) in [6.07, 6.45) is 0. The van der Waals surface area contributed by atoms with Crippen molar-refractivity contribution in [2.45, 2.75) is 6.92 Å². The molecule has 0 radical (unpaired) electrons. The predicted octanol–water partition coefficient (Wildman–Crippen LogP) is 2.74. The summed E-state index contributed by atoms with van der Waals surface area (Å²) in [5.74, 6) is -0.323. The molecule has 2 heterocycles. The Bertz CT molecular complexity index is 508. The van der Waals surface area contributed by atoms with E-state index in [1.54, 1.807) is 6.92 Å². The zero-order valence-corrected chi connectivity index (χ0v) is 10.7. The molecule has 2 aromatic rings. The Labute approximate surface area is 104 Å². The Balaban J connectivity index is 2.22. The summed E-state index contributed by atoms with van der Waals surface area (Å²) in [5.41, 5.74) is 0.778. The largest absolute Gasteiger partial charge is 0.460 e. The number of ether oxygens (including phenoxy) is 1. The number of carbonyl (C=O) groups excluding carboxylic acids is 1. The third-order valence-electron chi connectivity index (χ3n) is 1.70. The number of nitrogens with zero attached hydrogens (tertiary/aromatic N) is 2. The van der Waals surface area contributed by atoms with Crippen molar-refractivity contribution in [1.82, 2.24) is 10.1 Å². The molecule has 5 nitrogen and oxygen atoms in total. The zero-order valence-electron chi connectivity index (χ0n) is 8.27. The molecule has 0 aliphatic heterocycles. The highest BCUT2D eigenvalue weighted by Gasteiger charge is 2.17. The van der Waals surface area contributed by atoms with Crippen molar-refractivity contribution in [2.75, 3.05) is 6.61 Å². The Morgan fingerprint density at radius 1 is 1.69 bits per heavy atom. The molecular formula is C9H7BrN2O3S. The minimum absolute atomic E-state index is 0.0563. The summed E-state index contributed by atoms with van der Waals surface area (Å²) in [7, 11) is 0. The topological polar surface area (TPSA) is 65.2 Å². The van der Waals surface area contributed by atoms with Crippen LogP contribution < -0.4 is 0 Å². The van der Waals surface area contributed by atoms with Crippen molar-refractivity contribution in [3.63, 3.8) is 0 Å². The minimum atomic E-state index is -0.577. The van der Waals surface area contributed by atoms with Gasteiger partial charge in [0.25, 0.3) is 11.7 Å². The molecule has 0 saturated heterocycles. The fourth-order valence-corrected chi connectivity index (χ4v) is 2.17. The van der Waals surface area contributed by atoms with Gasteiger partial charge in [-0.3, -0.25) is 0 Å². The average molecular weight is 303 g/mol. The van der Waals surface area contributed by atoms with E-state index in [0.29, 0.717) is 5.89 Å². The van der Waals surface area contributed by atoms with Gasteiger partial charge in [0, 0.05) is 5.38 Å². The molecule has 0 aliphatic rings. The molecule has 0 atom stereocenters. The second kappa shape index (κ2) is 4.75. The van der Waals surface area contributed by atoms with Gasteiger partial charge in [-0.2, -0.15) is 4.98 Å². The summed E-state index contributed by atoms with van der Waals surface area (Å²) in [6, 6.07) is 1.84. The first-order chi connectivity index (χ1) is 7.70. The lowest BCUT2D eigenvalue weighted by atomic mass is 10.3. The van der Waals surface area contributed by atoms with Gasteiger partial charge in [-0.15, -0.1) is 11.3 Å². The lowest BCUT2D eigenvalue weighted by Gasteiger charge is -1.93. The van der Waals surface area contributed by atoms with E-state index in [1.165, 1.54) is 11.3 Å². The van der Waals surface area contributed by atoms with Crippen molar-refractivity contribution >= 4 is 33.2 Å². The molecule has 0 amide bonds. The highest BCUT2D eigenvalue weighted by Crippen LogP contribution is 2.27. The molecule has 0 saturated carbocycles. The average Bonchev–Trinajstić information content (AvgIpc) is 2.85. The number of esters is 1. The van der Waals surface area contributed by atoms with Crippen molar-refractivity contribution < 1.29 is 14.1 Å². The van der Waals surface area contributed by atoms with Gasteiger partial charge < -0.3 is 9.26 Å². The van der Waals surface area contributed by atoms with Gasteiger partial charge >= 0.3 is 5.97 Å². The van der Waals surface area contributed by atoms with Gasteiger partial charge in [0.05, 0.1) is 16.0 Å². The van der Waals surface area contributed by atoms with Crippen LogP contribution in [0.25, 0.3) is 11.5 Å². The number of hydrogen-bond acceptors (Lipinski definition) is 6. The van der Waals surface area contributed by atoms with E-state index in [4.69, 9.17) is 9.26 Å². The molecule has 0 bridgehead atoms. The van der Waals surface area contributed by atoms with Crippen LogP contribution in [0, 0.1) is 0 Å². The van der Waals surface area contributed by atoms with Gasteiger partial charge in [-0.05, 0) is 34.1 Å². The maximum Gasteiger partial charge on any atom is 0.379 e. The Kier molecular flexibility index (Phi) is 3.35. The molecule has 0 unspecified atom stereocenters. The highest BCUT2D eigenvalue weighted by atomic mass is 79.9. The molecule has 7 heteroatoms. The van der Waals surface area contributed by atoms with Crippen LogP contribution in [-0.4, -0.2) is 22.7 Å². The second-order valence-electron chi connectivity index (χ2n) is 2.78. The lowest BCUT2D eigenvalue weighted by molar-refractivity contribution is 0.0508. The molecule has 0 aromatic carbocycles. The molecular weight excluding hydrogens is 296 g/mol. The van der Waals surface area contributed by atoms with Crippen LogP contribution in [0.5, 0.6) is 0 Å². The smallest absolute Gasteiger partial charge is 0.379 e. The number of rotatable bonds is 3. The van der Waals surface area contributed by atoms with E-state index in [0.717, 1.165) is 9.35 Å². The standard InChI is InChI=1S/C9H7BrN2O3S/c1-2-14-9(13)7-11-8(15-12-7)5-3-6(10)16-4-5/h3-4H,2H2,1H3. The number of hydrogen-bond donors (Lipinski definition) is 0. The van der Waals surface area contributed by atoms with Gasteiger partial charge in [0.2, 0.25) is 0 Å². The van der Waals surface area contributed by atoms with Crippen LogP contribution in [0.4, 0.5) is 0 Å². The third-order valence-corrected chi connectivity index (χ3v) is 3.20.